The zero-order chi connectivity index (χ0) is 13.8. The molecule has 2 atom stereocenters. The Kier molecular flexibility index (Phi) is 6.03. The van der Waals surface area contributed by atoms with Gasteiger partial charge in [-0.05, 0) is 43.3 Å². The maximum atomic E-state index is 10.3. The summed E-state index contributed by atoms with van der Waals surface area (Å²) in [7, 11) is 2.15. The van der Waals surface area contributed by atoms with Crippen LogP contribution in [0.3, 0.4) is 0 Å². The molecule has 0 saturated carbocycles. The summed E-state index contributed by atoms with van der Waals surface area (Å²) in [4.78, 5) is 2.36. The summed E-state index contributed by atoms with van der Waals surface area (Å²) in [5.41, 5.74) is 0.819. The van der Waals surface area contributed by atoms with E-state index in [1.165, 1.54) is 17.9 Å². The van der Waals surface area contributed by atoms with Crippen molar-refractivity contribution in [1.82, 2.24) is 4.90 Å². The molecule has 0 amide bonds. The van der Waals surface area contributed by atoms with Crippen LogP contribution < -0.4 is 0 Å². The molecular formula is C14H19BrClNOS. The van der Waals surface area contributed by atoms with Crippen LogP contribution in [0, 0.1) is 0 Å². The highest BCUT2D eigenvalue weighted by molar-refractivity contribution is 9.10. The number of benzene rings is 1. The summed E-state index contributed by atoms with van der Waals surface area (Å²) in [6, 6.07) is 6.31. The van der Waals surface area contributed by atoms with Gasteiger partial charge in [0.15, 0.2) is 0 Å². The number of hydrogen-bond donors (Lipinski definition) is 1. The molecule has 1 aliphatic rings. The molecule has 0 aromatic heterocycles. The molecule has 0 spiro atoms. The van der Waals surface area contributed by atoms with Gasteiger partial charge in [0.25, 0.3) is 0 Å². The van der Waals surface area contributed by atoms with E-state index in [9.17, 15) is 5.11 Å². The molecule has 1 saturated heterocycles. The second-order valence-corrected chi connectivity index (χ2v) is 7.44. The molecule has 5 heteroatoms. The fourth-order valence-electron chi connectivity index (χ4n) is 2.31. The van der Waals surface area contributed by atoms with Crippen LogP contribution >= 0.6 is 39.3 Å². The van der Waals surface area contributed by atoms with Gasteiger partial charge in [-0.2, -0.15) is 11.8 Å². The predicted molar refractivity (Wildman–Crippen MR) is 87.1 cm³/mol. The number of aliphatic hydroxyl groups excluding tert-OH is 1. The normalized spacial score (nSPS) is 21.0. The molecule has 2 nitrogen and oxygen atoms in total. The molecule has 0 aliphatic carbocycles. The van der Waals surface area contributed by atoms with Crippen molar-refractivity contribution < 1.29 is 5.11 Å². The van der Waals surface area contributed by atoms with Crippen LogP contribution in [0.5, 0.6) is 0 Å². The standard InChI is InChI=1S/C14H19BrClNOS/c1-17(11-5-7-19-9-11)6-4-14(18)12-3-2-10(15)8-13(12)16/h2-3,8,11,14,18H,4-7,9H2,1H3. The maximum absolute atomic E-state index is 10.3. The third-order valence-corrected chi connectivity index (χ3v) is 5.57. The highest BCUT2D eigenvalue weighted by Crippen LogP contribution is 2.29. The highest BCUT2D eigenvalue weighted by Gasteiger charge is 2.21. The van der Waals surface area contributed by atoms with Crippen molar-refractivity contribution in [3.05, 3.63) is 33.3 Å². The number of halogens is 2. The Morgan fingerprint density at radius 1 is 1.58 bits per heavy atom. The van der Waals surface area contributed by atoms with Gasteiger partial charge in [-0.15, -0.1) is 0 Å². The van der Waals surface area contributed by atoms with E-state index in [2.05, 4.69) is 27.9 Å². The molecule has 0 radical (unpaired) electrons. The fraction of sp³-hybridized carbons (Fsp3) is 0.571. The van der Waals surface area contributed by atoms with Gasteiger partial charge in [0.2, 0.25) is 0 Å². The van der Waals surface area contributed by atoms with Gasteiger partial charge < -0.3 is 10.0 Å². The number of aliphatic hydroxyl groups is 1. The summed E-state index contributed by atoms with van der Waals surface area (Å²) < 4.78 is 0.938. The van der Waals surface area contributed by atoms with E-state index in [1.807, 2.05) is 30.0 Å². The Morgan fingerprint density at radius 2 is 2.37 bits per heavy atom. The van der Waals surface area contributed by atoms with Crippen LogP contribution in [-0.2, 0) is 0 Å². The Hall–Kier alpha value is 0.260. The first-order valence-corrected chi connectivity index (χ1v) is 8.81. The second-order valence-electron chi connectivity index (χ2n) is 4.97. The van der Waals surface area contributed by atoms with Gasteiger partial charge in [0.05, 0.1) is 6.10 Å². The third kappa shape index (κ3) is 4.36. The summed E-state index contributed by atoms with van der Waals surface area (Å²) in [6.45, 7) is 0.902. The van der Waals surface area contributed by atoms with Crippen molar-refractivity contribution in [2.75, 3.05) is 25.1 Å². The average Bonchev–Trinajstić information content (AvgIpc) is 2.89. The monoisotopic (exact) mass is 363 g/mol. The molecule has 19 heavy (non-hydrogen) atoms. The molecule has 1 aromatic carbocycles. The maximum Gasteiger partial charge on any atom is 0.0816 e. The molecular weight excluding hydrogens is 346 g/mol. The van der Waals surface area contributed by atoms with Crippen LogP contribution in [0.2, 0.25) is 5.02 Å². The van der Waals surface area contributed by atoms with Crippen LogP contribution in [0.1, 0.15) is 24.5 Å². The van der Waals surface area contributed by atoms with E-state index in [4.69, 9.17) is 11.6 Å². The Bertz CT molecular complexity index is 426. The summed E-state index contributed by atoms with van der Waals surface area (Å²) in [5, 5.41) is 10.9. The van der Waals surface area contributed by atoms with Crippen LogP contribution in [0.25, 0.3) is 0 Å². The smallest absolute Gasteiger partial charge is 0.0816 e. The Labute approximate surface area is 132 Å². The van der Waals surface area contributed by atoms with Gasteiger partial charge in [0, 0.05) is 27.8 Å². The van der Waals surface area contributed by atoms with E-state index in [-0.39, 0.29) is 0 Å². The highest BCUT2D eigenvalue weighted by atomic mass is 79.9. The van der Waals surface area contributed by atoms with Crippen LogP contribution in [0.15, 0.2) is 22.7 Å². The van der Waals surface area contributed by atoms with Gasteiger partial charge >= 0.3 is 0 Å². The lowest BCUT2D eigenvalue weighted by atomic mass is 10.1. The number of nitrogens with zero attached hydrogens (tertiary/aromatic N) is 1. The van der Waals surface area contributed by atoms with Crippen molar-refractivity contribution in [3.8, 4) is 0 Å². The lowest BCUT2D eigenvalue weighted by Crippen LogP contribution is -2.32. The summed E-state index contributed by atoms with van der Waals surface area (Å²) in [6.07, 6.45) is 1.49. The van der Waals surface area contributed by atoms with Crippen molar-refractivity contribution >= 4 is 39.3 Å². The first kappa shape index (κ1) is 15.6. The molecule has 1 N–H and O–H groups in total. The zero-order valence-corrected chi connectivity index (χ0v) is 14.1. The minimum absolute atomic E-state index is 0.489. The molecule has 0 bridgehead atoms. The lowest BCUT2D eigenvalue weighted by molar-refractivity contribution is 0.140. The number of hydrogen-bond acceptors (Lipinski definition) is 3. The first-order chi connectivity index (χ1) is 9.08. The number of thioether (sulfide) groups is 1. The molecule has 2 rings (SSSR count). The SMILES string of the molecule is CN(CCC(O)c1ccc(Br)cc1Cl)C1CCSC1. The van der Waals surface area contributed by atoms with E-state index in [1.54, 1.807) is 0 Å². The predicted octanol–water partition coefficient (Wildman–Crippen LogP) is 3.96. The topological polar surface area (TPSA) is 23.5 Å². The second kappa shape index (κ2) is 7.32. The zero-order valence-electron chi connectivity index (χ0n) is 11.0. The van der Waals surface area contributed by atoms with Crippen molar-refractivity contribution in [2.24, 2.45) is 0 Å². The molecule has 1 aliphatic heterocycles. The minimum atomic E-state index is -0.489. The fourth-order valence-corrected chi connectivity index (χ4v) is 4.40. The van der Waals surface area contributed by atoms with Crippen molar-refractivity contribution in [3.63, 3.8) is 0 Å². The quantitative estimate of drug-likeness (QED) is 0.855. The van der Waals surface area contributed by atoms with Crippen LogP contribution in [0.4, 0.5) is 0 Å². The average molecular weight is 365 g/mol. The summed E-state index contributed by atoms with van der Waals surface area (Å²) >= 11 is 11.6. The first-order valence-electron chi connectivity index (χ1n) is 6.49. The van der Waals surface area contributed by atoms with E-state index < -0.39 is 6.10 Å². The van der Waals surface area contributed by atoms with Gasteiger partial charge in [0.1, 0.15) is 0 Å². The van der Waals surface area contributed by atoms with Crippen LogP contribution in [-0.4, -0.2) is 41.1 Å². The van der Waals surface area contributed by atoms with Crippen molar-refractivity contribution in [2.45, 2.75) is 25.0 Å². The van der Waals surface area contributed by atoms with E-state index in [0.717, 1.165) is 23.0 Å². The van der Waals surface area contributed by atoms with Crippen molar-refractivity contribution in [1.29, 1.82) is 0 Å². The summed E-state index contributed by atoms with van der Waals surface area (Å²) in [5.74, 6) is 2.47. The van der Waals surface area contributed by atoms with E-state index >= 15 is 0 Å². The molecule has 2 unspecified atom stereocenters. The Morgan fingerprint density at radius 3 is 3.00 bits per heavy atom. The Balaban J connectivity index is 1.88. The van der Waals surface area contributed by atoms with E-state index in [0.29, 0.717) is 11.1 Å². The molecule has 1 heterocycles. The van der Waals surface area contributed by atoms with Gasteiger partial charge in [-0.25, -0.2) is 0 Å². The van der Waals surface area contributed by atoms with Gasteiger partial charge in [-0.3, -0.25) is 0 Å². The number of rotatable bonds is 5. The third-order valence-electron chi connectivity index (χ3n) is 3.61. The molecule has 1 aromatic rings. The van der Waals surface area contributed by atoms with Gasteiger partial charge in [-0.1, -0.05) is 33.6 Å². The molecule has 1 fully saturated rings. The lowest BCUT2D eigenvalue weighted by Gasteiger charge is -2.24. The minimum Gasteiger partial charge on any atom is -0.388 e. The largest absolute Gasteiger partial charge is 0.388 e. The molecule has 106 valence electrons.